The molecule has 0 spiro atoms. The Hall–Kier alpha value is -1.97. The molecular weight excluding hydrogens is 300 g/mol. The molecule has 1 N–H and O–H groups in total. The van der Waals surface area contributed by atoms with Gasteiger partial charge < -0.3 is 14.9 Å². The van der Waals surface area contributed by atoms with Crippen LogP contribution >= 0.6 is 0 Å². The van der Waals surface area contributed by atoms with Crippen LogP contribution in [0.3, 0.4) is 0 Å². The van der Waals surface area contributed by atoms with Crippen molar-refractivity contribution in [3.8, 4) is 0 Å². The lowest BCUT2D eigenvalue weighted by Crippen LogP contribution is -2.49. The van der Waals surface area contributed by atoms with Crippen LogP contribution in [0, 0.1) is 0 Å². The normalized spacial score (nSPS) is 15.8. The molecule has 0 unspecified atom stereocenters. The Bertz CT molecular complexity index is 621. The number of aliphatic hydroxyl groups excluding tert-OH is 1. The van der Waals surface area contributed by atoms with Crippen LogP contribution in [0.15, 0.2) is 30.5 Å². The van der Waals surface area contributed by atoms with Gasteiger partial charge in [-0.05, 0) is 28.5 Å². The Morgan fingerprint density at radius 1 is 1.17 bits per heavy atom. The fourth-order valence-corrected chi connectivity index (χ4v) is 3.12. The van der Waals surface area contributed by atoms with Crippen LogP contribution in [-0.4, -0.2) is 42.1 Å². The Morgan fingerprint density at radius 3 is 2.21 bits per heavy atom. The van der Waals surface area contributed by atoms with Crippen LogP contribution in [0.5, 0.6) is 0 Å². The van der Waals surface area contributed by atoms with Crippen molar-refractivity contribution in [2.75, 3.05) is 31.1 Å². The monoisotopic (exact) mass is 330 g/mol. The molecule has 1 aromatic carbocycles. The molecule has 1 aliphatic rings. The highest BCUT2D eigenvalue weighted by Crippen LogP contribution is 2.35. The molecule has 0 radical (unpaired) electrons. The number of hydrogen-bond donors (Lipinski definition) is 1. The van der Waals surface area contributed by atoms with Crippen LogP contribution in [0.25, 0.3) is 0 Å². The largest absolute Gasteiger partial charge is 0.503 e. The number of hydrogen-bond acceptors (Lipinski definition) is 3. The number of anilines is 1. The molecule has 24 heavy (non-hydrogen) atoms. The molecule has 1 fully saturated rings. The zero-order chi connectivity index (χ0) is 18.1. The van der Waals surface area contributed by atoms with Gasteiger partial charge in [-0.25, -0.2) is 0 Å². The van der Waals surface area contributed by atoms with Gasteiger partial charge in [0, 0.05) is 31.9 Å². The van der Waals surface area contributed by atoms with Crippen molar-refractivity contribution >= 4 is 11.6 Å². The van der Waals surface area contributed by atoms with E-state index >= 15 is 0 Å². The fourth-order valence-electron chi connectivity index (χ4n) is 3.12. The quantitative estimate of drug-likeness (QED) is 0.677. The van der Waals surface area contributed by atoms with Gasteiger partial charge >= 0.3 is 0 Å². The zero-order valence-corrected chi connectivity index (χ0v) is 15.6. The number of benzene rings is 1. The van der Waals surface area contributed by atoms with Gasteiger partial charge in [-0.3, -0.25) is 4.79 Å². The third kappa shape index (κ3) is 3.92. The molecule has 0 atom stereocenters. The number of piperazine rings is 1. The lowest BCUT2D eigenvalue weighted by Gasteiger charge is -2.38. The molecule has 2 rings (SSSR count). The van der Waals surface area contributed by atoms with E-state index in [-0.39, 0.29) is 17.1 Å². The first kappa shape index (κ1) is 18.4. The van der Waals surface area contributed by atoms with E-state index < -0.39 is 0 Å². The summed E-state index contributed by atoms with van der Waals surface area (Å²) in [6, 6.07) is 6.76. The molecule has 1 aliphatic heterocycles. The molecule has 1 amide bonds. The number of nitrogens with zero attached hydrogens (tertiary/aromatic N) is 2. The second-order valence-corrected chi connectivity index (χ2v) is 7.91. The zero-order valence-electron chi connectivity index (χ0n) is 15.6. The Kier molecular flexibility index (Phi) is 5.26. The molecule has 4 heteroatoms. The van der Waals surface area contributed by atoms with E-state index in [9.17, 15) is 9.90 Å². The van der Waals surface area contributed by atoms with Crippen molar-refractivity contribution < 1.29 is 9.90 Å². The summed E-state index contributed by atoms with van der Waals surface area (Å²) < 4.78 is 0. The van der Waals surface area contributed by atoms with Gasteiger partial charge in [-0.1, -0.05) is 53.3 Å². The van der Waals surface area contributed by atoms with E-state index in [2.05, 4.69) is 64.3 Å². The molecular formula is C20H30N2O2. The van der Waals surface area contributed by atoms with Gasteiger partial charge in [0.15, 0.2) is 5.76 Å². The molecule has 1 aromatic rings. The molecule has 0 bridgehead atoms. The lowest BCUT2D eigenvalue weighted by atomic mass is 9.83. The van der Waals surface area contributed by atoms with Gasteiger partial charge in [0.1, 0.15) is 0 Å². The summed E-state index contributed by atoms with van der Waals surface area (Å²) >= 11 is 0. The summed E-state index contributed by atoms with van der Waals surface area (Å²) in [6.45, 7) is 17.2. The van der Waals surface area contributed by atoms with E-state index in [1.165, 1.54) is 16.8 Å². The van der Waals surface area contributed by atoms with Gasteiger partial charge in [0.2, 0.25) is 0 Å². The van der Waals surface area contributed by atoms with E-state index in [0.717, 1.165) is 13.1 Å². The lowest BCUT2D eigenvalue weighted by molar-refractivity contribution is -0.130. The van der Waals surface area contributed by atoms with Crippen LogP contribution in [-0.2, 0) is 10.2 Å². The average molecular weight is 330 g/mol. The first-order valence-electron chi connectivity index (χ1n) is 8.67. The second kappa shape index (κ2) is 6.88. The first-order valence-corrected chi connectivity index (χ1v) is 8.67. The number of carbonyl (C=O) groups excluding carboxylic acids is 1. The van der Waals surface area contributed by atoms with Crippen molar-refractivity contribution in [1.82, 2.24) is 4.90 Å². The Labute approximate surface area is 145 Å². The summed E-state index contributed by atoms with van der Waals surface area (Å²) in [7, 11) is 0. The summed E-state index contributed by atoms with van der Waals surface area (Å²) in [5.74, 6) is -0.230. The standard InChI is InChI=1S/C20H30N2O2/c1-14(2)16-7-8-18(17(13-16)20(4,5)6)21-9-11-22(12-10-21)19(24)15(3)23/h7-8,13-14,23H,3,9-12H2,1-2,4-6H3. The van der Waals surface area contributed by atoms with Crippen molar-refractivity contribution in [2.24, 2.45) is 0 Å². The average Bonchev–Trinajstić information content (AvgIpc) is 2.52. The van der Waals surface area contributed by atoms with E-state index in [1.54, 1.807) is 4.90 Å². The molecule has 132 valence electrons. The summed E-state index contributed by atoms with van der Waals surface area (Å²) in [6.07, 6.45) is 0. The number of aliphatic hydroxyl groups is 1. The maximum Gasteiger partial charge on any atom is 0.288 e. The Morgan fingerprint density at radius 2 is 1.75 bits per heavy atom. The van der Waals surface area contributed by atoms with E-state index in [4.69, 9.17) is 0 Å². The highest BCUT2D eigenvalue weighted by molar-refractivity contribution is 5.90. The van der Waals surface area contributed by atoms with Crippen molar-refractivity contribution in [3.63, 3.8) is 0 Å². The van der Waals surface area contributed by atoms with Gasteiger partial charge in [-0.2, -0.15) is 0 Å². The summed E-state index contributed by atoms with van der Waals surface area (Å²) in [4.78, 5) is 15.9. The predicted molar refractivity (Wildman–Crippen MR) is 99.8 cm³/mol. The topological polar surface area (TPSA) is 43.8 Å². The maximum atomic E-state index is 11.8. The minimum Gasteiger partial charge on any atom is -0.503 e. The van der Waals surface area contributed by atoms with E-state index in [0.29, 0.717) is 19.0 Å². The molecule has 1 saturated heterocycles. The first-order chi connectivity index (χ1) is 11.1. The van der Waals surface area contributed by atoms with Gasteiger partial charge in [-0.15, -0.1) is 0 Å². The second-order valence-electron chi connectivity index (χ2n) is 7.91. The third-order valence-corrected chi connectivity index (χ3v) is 4.65. The predicted octanol–water partition coefficient (Wildman–Crippen LogP) is 3.83. The van der Waals surface area contributed by atoms with Crippen LogP contribution in [0.4, 0.5) is 5.69 Å². The van der Waals surface area contributed by atoms with Crippen LogP contribution in [0.2, 0.25) is 0 Å². The van der Waals surface area contributed by atoms with Crippen molar-refractivity contribution in [2.45, 2.75) is 46.0 Å². The minimum atomic E-state index is -0.375. The fraction of sp³-hybridized carbons (Fsp3) is 0.550. The highest BCUT2D eigenvalue weighted by atomic mass is 16.3. The molecule has 0 saturated carbocycles. The number of amides is 1. The molecule has 4 nitrogen and oxygen atoms in total. The van der Waals surface area contributed by atoms with Crippen molar-refractivity contribution in [3.05, 3.63) is 41.7 Å². The third-order valence-electron chi connectivity index (χ3n) is 4.65. The SMILES string of the molecule is C=C(O)C(=O)N1CCN(c2ccc(C(C)C)cc2C(C)(C)C)CC1. The molecule has 0 aliphatic carbocycles. The Balaban J connectivity index is 2.24. The van der Waals surface area contributed by atoms with Crippen molar-refractivity contribution in [1.29, 1.82) is 0 Å². The van der Waals surface area contributed by atoms with Crippen LogP contribution in [0.1, 0.15) is 51.7 Å². The molecule has 1 heterocycles. The smallest absolute Gasteiger partial charge is 0.288 e. The molecule has 0 aromatic heterocycles. The maximum absolute atomic E-state index is 11.8. The van der Waals surface area contributed by atoms with Gasteiger partial charge in [0.25, 0.3) is 5.91 Å². The summed E-state index contributed by atoms with van der Waals surface area (Å²) in [5.41, 5.74) is 4.02. The highest BCUT2D eigenvalue weighted by Gasteiger charge is 2.27. The summed E-state index contributed by atoms with van der Waals surface area (Å²) in [5, 5.41) is 9.29. The van der Waals surface area contributed by atoms with Gasteiger partial charge in [0.05, 0.1) is 0 Å². The minimum absolute atomic E-state index is 0.0621. The number of carbonyl (C=O) groups is 1. The number of rotatable bonds is 3. The van der Waals surface area contributed by atoms with Crippen LogP contribution < -0.4 is 4.90 Å². The van der Waals surface area contributed by atoms with E-state index in [1.807, 2.05) is 0 Å².